The molecule has 0 radical (unpaired) electrons. The quantitative estimate of drug-likeness (QED) is 0.894. The predicted octanol–water partition coefficient (Wildman–Crippen LogP) is 1.34. The molecule has 0 saturated carbocycles. The Morgan fingerprint density at radius 3 is 2.37 bits per heavy atom. The van der Waals surface area contributed by atoms with Gasteiger partial charge in [0.05, 0.1) is 0 Å². The van der Waals surface area contributed by atoms with Crippen molar-refractivity contribution in [3.05, 3.63) is 29.8 Å². The first kappa shape index (κ1) is 14.4. The fourth-order valence-corrected chi connectivity index (χ4v) is 3.98. The standard InChI is InChI=1S/C12H16F2N2O2S/c1-8-6-16(7-9(2)15-8)19(17,18)12-5-10(13)3-4-11(12)14/h3-5,8-9,15H,6-7H2,1-2H3/t8-,9-/m1/s1. The molecule has 0 bridgehead atoms. The molecule has 1 fully saturated rings. The number of nitrogens with one attached hydrogen (secondary N) is 1. The van der Waals surface area contributed by atoms with Crippen molar-refractivity contribution < 1.29 is 17.2 Å². The molecule has 2 atom stereocenters. The normalized spacial score (nSPS) is 25.5. The summed E-state index contributed by atoms with van der Waals surface area (Å²) in [6.07, 6.45) is 0. The number of rotatable bonds is 2. The number of piperazine rings is 1. The van der Waals surface area contributed by atoms with Crippen LogP contribution in [0.1, 0.15) is 13.8 Å². The Hall–Kier alpha value is -1.05. The topological polar surface area (TPSA) is 49.4 Å². The van der Waals surface area contributed by atoms with Crippen LogP contribution in [0.2, 0.25) is 0 Å². The molecule has 0 unspecified atom stereocenters. The summed E-state index contributed by atoms with van der Waals surface area (Å²) >= 11 is 0. The van der Waals surface area contributed by atoms with Gasteiger partial charge in [-0.1, -0.05) is 0 Å². The lowest BCUT2D eigenvalue weighted by atomic mass is 10.2. The van der Waals surface area contributed by atoms with E-state index in [1.807, 2.05) is 13.8 Å². The van der Waals surface area contributed by atoms with Crippen LogP contribution < -0.4 is 5.32 Å². The van der Waals surface area contributed by atoms with Gasteiger partial charge in [-0.15, -0.1) is 0 Å². The first-order valence-electron chi connectivity index (χ1n) is 6.02. The van der Waals surface area contributed by atoms with E-state index in [1.54, 1.807) is 0 Å². The van der Waals surface area contributed by atoms with E-state index in [4.69, 9.17) is 0 Å². The maximum Gasteiger partial charge on any atom is 0.246 e. The van der Waals surface area contributed by atoms with Gasteiger partial charge in [0.15, 0.2) is 0 Å². The van der Waals surface area contributed by atoms with Crippen molar-refractivity contribution in [2.24, 2.45) is 0 Å². The van der Waals surface area contributed by atoms with E-state index in [0.717, 1.165) is 18.2 Å². The van der Waals surface area contributed by atoms with Crippen molar-refractivity contribution in [1.29, 1.82) is 0 Å². The van der Waals surface area contributed by atoms with Gasteiger partial charge in [-0.05, 0) is 32.0 Å². The molecule has 1 aromatic rings. The number of benzene rings is 1. The van der Waals surface area contributed by atoms with Crippen LogP contribution >= 0.6 is 0 Å². The second-order valence-corrected chi connectivity index (χ2v) is 6.77. The Balaban J connectivity index is 2.39. The fraction of sp³-hybridized carbons (Fsp3) is 0.500. The third kappa shape index (κ3) is 2.93. The third-order valence-corrected chi connectivity index (χ3v) is 4.88. The van der Waals surface area contributed by atoms with E-state index in [-0.39, 0.29) is 25.2 Å². The molecular formula is C12H16F2N2O2S. The molecule has 1 saturated heterocycles. The van der Waals surface area contributed by atoms with E-state index < -0.39 is 26.6 Å². The second-order valence-electron chi connectivity index (χ2n) is 4.87. The Kier molecular flexibility index (Phi) is 3.89. The monoisotopic (exact) mass is 290 g/mol. The fourth-order valence-electron chi connectivity index (χ4n) is 2.29. The van der Waals surface area contributed by atoms with Gasteiger partial charge in [-0.3, -0.25) is 0 Å². The van der Waals surface area contributed by atoms with Crippen LogP contribution in [0.3, 0.4) is 0 Å². The minimum atomic E-state index is -4.00. The zero-order valence-corrected chi connectivity index (χ0v) is 11.5. The minimum absolute atomic E-state index is 0.0323. The van der Waals surface area contributed by atoms with Crippen LogP contribution in [-0.2, 0) is 10.0 Å². The van der Waals surface area contributed by atoms with Gasteiger partial charge in [-0.25, -0.2) is 17.2 Å². The molecule has 106 valence electrons. The van der Waals surface area contributed by atoms with Crippen LogP contribution in [0.25, 0.3) is 0 Å². The highest BCUT2D eigenvalue weighted by Gasteiger charge is 2.33. The lowest BCUT2D eigenvalue weighted by Crippen LogP contribution is -2.55. The van der Waals surface area contributed by atoms with Crippen molar-refractivity contribution in [1.82, 2.24) is 9.62 Å². The van der Waals surface area contributed by atoms with E-state index in [2.05, 4.69) is 5.32 Å². The lowest BCUT2D eigenvalue weighted by molar-refractivity contribution is 0.262. The summed E-state index contributed by atoms with van der Waals surface area (Å²) in [4.78, 5) is -0.603. The van der Waals surface area contributed by atoms with Gasteiger partial charge in [0.25, 0.3) is 0 Å². The molecule has 0 amide bonds. The van der Waals surface area contributed by atoms with Gasteiger partial charge < -0.3 is 5.32 Å². The minimum Gasteiger partial charge on any atom is -0.309 e. The van der Waals surface area contributed by atoms with E-state index in [0.29, 0.717) is 0 Å². The Bertz CT molecular complexity index is 567. The molecule has 4 nitrogen and oxygen atoms in total. The average molecular weight is 290 g/mol. The molecule has 1 N–H and O–H groups in total. The highest BCUT2D eigenvalue weighted by molar-refractivity contribution is 7.89. The van der Waals surface area contributed by atoms with Crippen molar-refractivity contribution in [2.75, 3.05) is 13.1 Å². The Labute approximate surface area is 111 Å². The van der Waals surface area contributed by atoms with Crippen LogP contribution in [0.4, 0.5) is 8.78 Å². The summed E-state index contributed by atoms with van der Waals surface area (Å²) in [5.41, 5.74) is 0. The predicted molar refractivity (Wildman–Crippen MR) is 67.2 cm³/mol. The summed E-state index contributed by atoms with van der Waals surface area (Å²) < 4.78 is 52.6. The molecule has 1 aliphatic rings. The zero-order valence-electron chi connectivity index (χ0n) is 10.7. The first-order valence-corrected chi connectivity index (χ1v) is 7.46. The highest BCUT2D eigenvalue weighted by Crippen LogP contribution is 2.22. The van der Waals surface area contributed by atoms with Crippen molar-refractivity contribution in [3.8, 4) is 0 Å². The van der Waals surface area contributed by atoms with Crippen LogP contribution in [-0.4, -0.2) is 37.9 Å². The third-order valence-electron chi connectivity index (χ3n) is 3.04. The molecular weight excluding hydrogens is 274 g/mol. The molecule has 0 spiro atoms. The van der Waals surface area contributed by atoms with Gasteiger partial charge in [0.1, 0.15) is 16.5 Å². The van der Waals surface area contributed by atoms with Gasteiger partial charge in [0.2, 0.25) is 10.0 Å². The smallest absolute Gasteiger partial charge is 0.246 e. The lowest BCUT2D eigenvalue weighted by Gasteiger charge is -2.35. The Morgan fingerprint density at radius 2 is 1.79 bits per heavy atom. The molecule has 19 heavy (non-hydrogen) atoms. The van der Waals surface area contributed by atoms with Gasteiger partial charge in [-0.2, -0.15) is 4.31 Å². The summed E-state index contributed by atoms with van der Waals surface area (Å²) in [6, 6.07) is 2.39. The second kappa shape index (κ2) is 5.15. The van der Waals surface area contributed by atoms with Gasteiger partial charge in [0, 0.05) is 25.2 Å². The van der Waals surface area contributed by atoms with Gasteiger partial charge >= 0.3 is 0 Å². The summed E-state index contributed by atoms with van der Waals surface area (Å²) in [6.45, 7) is 4.17. The molecule has 0 aliphatic carbocycles. The van der Waals surface area contributed by atoms with E-state index in [1.165, 1.54) is 4.31 Å². The molecule has 7 heteroatoms. The van der Waals surface area contributed by atoms with E-state index >= 15 is 0 Å². The largest absolute Gasteiger partial charge is 0.309 e. The maximum absolute atomic E-state index is 13.6. The van der Waals surface area contributed by atoms with Crippen LogP contribution in [0, 0.1) is 11.6 Å². The van der Waals surface area contributed by atoms with Crippen molar-refractivity contribution in [3.63, 3.8) is 0 Å². The summed E-state index contributed by atoms with van der Waals surface area (Å²) in [5, 5.41) is 3.18. The summed E-state index contributed by atoms with van der Waals surface area (Å²) in [7, 11) is -4.00. The molecule has 2 rings (SSSR count). The maximum atomic E-state index is 13.6. The number of nitrogens with zero attached hydrogens (tertiary/aromatic N) is 1. The van der Waals surface area contributed by atoms with Crippen molar-refractivity contribution >= 4 is 10.0 Å². The first-order chi connectivity index (χ1) is 8.80. The SMILES string of the molecule is C[C@@H]1CN(S(=O)(=O)c2cc(F)ccc2F)C[C@@H](C)N1. The van der Waals surface area contributed by atoms with Crippen molar-refractivity contribution in [2.45, 2.75) is 30.8 Å². The molecule has 1 aliphatic heterocycles. The Morgan fingerprint density at radius 1 is 1.21 bits per heavy atom. The zero-order chi connectivity index (χ0) is 14.2. The molecule has 1 aromatic carbocycles. The number of hydrogen-bond acceptors (Lipinski definition) is 3. The number of hydrogen-bond donors (Lipinski definition) is 1. The summed E-state index contributed by atoms with van der Waals surface area (Å²) in [5.74, 6) is -1.70. The van der Waals surface area contributed by atoms with Crippen LogP contribution in [0.15, 0.2) is 23.1 Å². The molecule has 0 aromatic heterocycles. The van der Waals surface area contributed by atoms with E-state index in [9.17, 15) is 17.2 Å². The molecule has 1 heterocycles. The average Bonchev–Trinajstić information content (AvgIpc) is 2.31. The number of sulfonamides is 1. The van der Waals surface area contributed by atoms with Crippen LogP contribution in [0.5, 0.6) is 0 Å². The number of halogens is 2. The highest BCUT2D eigenvalue weighted by atomic mass is 32.2.